The first-order chi connectivity index (χ1) is 13.1. The number of hydrogen-bond acceptors (Lipinski definition) is 4. The van der Waals surface area contributed by atoms with Crippen LogP contribution in [0.2, 0.25) is 5.02 Å². The van der Waals surface area contributed by atoms with Crippen LogP contribution in [0.3, 0.4) is 0 Å². The van der Waals surface area contributed by atoms with Gasteiger partial charge in [0.05, 0.1) is 6.20 Å². The molecule has 2 aromatic rings. The van der Waals surface area contributed by atoms with E-state index in [4.69, 9.17) is 16.3 Å². The van der Waals surface area contributed by atoms with Gasteiger partial charge in [-0.3, -0.25) is 14.4 Å². The topological polar surface area (TPSA) is 59.4 Å². The van der Waals surface area contributed by atoms with Crippen molar-refractivity contribution in [3.05, 3.63) is 46.7 Å². The van der Waals surface area contributed by atoms with Crippen LogP contribution in [0.1, 0.15) is 37.8 Å². The van der Waals surface area contributed by atoms with E-state index < -0.39 is 0 Å². The molecule has 1 aliphatic rings. The fourth-order valence-electron chi connectivity index (χ4n) is 3.18. The van der Waals surface area contributed by atoms with Gasteiger partial charge in [-0.1, -0.05) is 24.6 Å². The van der Waals surface area contributed by atoms with Crippen LogP contribution < -0.4 is 10.1 Å². The quantitative estimate of drug-likeness (QED) is 0.788. The van der Waals surface area contributed by atoms with Crippen molar-refractivity contribution >= 4 is 17.5 Å². The third-order valence-electron chi connectivity index (χ3n) is 4.79. The fraction of sp³-hybridized carbons (Fsp3) is 0.500. The lowest BCUT2D eigenvalue weighted by molar-refractivity contribution is -0.121. The van der Waals surface area contributed by atoms with Gasteiger partial charge in [-0.25, -0.2) is 0 Å². The molecule has 1 aliphatic heterocycles. The largest absolute Gasteiger partial charge is 0.489 e. The second kappa shape index (κ2) is 9.24. The minimum absolute atomic E-state index is 0.0498. The Morgan fingerprint density at radius 1 is 1.41 bits per heavy atom. The third-order valence-corrected chi connectivity index (χ3v) is 5.02. The van der Waals surface area contributed by atoms with Crippen LogP contribution in [-0.2, 0) is 24.4 Å². The molecule has 1 atom stereocenters. The van der Waals surface area contributed by atoms with Crippen LogP contribution in [0.4, 0.5) is 0 Å². The van der Waals surface area contributed by atoms with Gasteiger partial charge in [0.2, 0.25) is 5.91 Å². The molecule has 7 heteroatoms. The maximum Gasteiger partial charge on any atom is 0.221 e. The standard InChI is InChI=1S/C20H27ClN4O2/c1-3-18-14-24(13-16-5-6-17(21)9-19(16)27-18)8-7-20(26)22-10-15-11-23-25(4-2)12-15/h5-6,9,11-12,18H,3-4,7-8,10,13-14H2,1-2H3,(H,22,26). The van der Waals surface area contributed by atoms with Crippen molar-refractivity contribution in [2.75, 3.05) is 13.1 Å². The normalized spacial score (nSPS) is 17.1. The second-order valence-corrected chi connectivity index (χ2v) is 7.30. The average molecular weight is 391 g/mol. The smallest absolute Gasteiger partial charge is 0.221 e. The van der Waals surface area contributed by atoms with Crippen molar-refractivity contribution in [2.24, 2.45) is 0 Å². The number of nitrogens with zero attached hydrogens (tertiary/aromatic N) is 3. The molecule has 1 N–H and O–H groups in total. The molecule has 0 spiro atoms. The molecule has 3 rings (SSSR count). The minimum Gasteiger partial charge on any atom is -0.489 e. The van der Waals surface area contributed by atoms with Gasteiger partial charge in [-0.15, -0.1) is 0 Å². The van der Waals surface area contributed by atoms with Crippen molar-refractivity contribution < 1.29 is 9.53 Å². The number of halogens is 1. The van der Waals surface area contributed by atoms with Crippen molar-refractivity contribution in [3.8, 4) is 5.75 Å². The summed E-state index contributed by atoms with van der Waals surface area (Å²) in [5.74, 6) is 0.906. The Kier molecular flexibility index (Phi) is 6.74. The number of aryl methyl sites for hydroxylation is 1. The molecule has 146 valence electrons. The van der Waals surface area contributed by atoms with Crippen molar-refractivity contribution in [1.29, 1.82) is 0 Å². The second-order valence-electron chi connectivity index (χ2n) is 6.87. The molecule has 0 fully saturated rings. The summed E-state index contributed by atoms with van der Waals surface area (Å²) >= 11 is 6.10. The number of carbonyl (C=O) groups is 1. The molecule has 1 aromatic heterocycles. The van der Waals surface area contributed by atoms with Crippen LogP contribution in [0.5, 0.6) is 5.75 Å². The first kappa shape index (κ1) is 19.7. The van der Waals surface area contributed by atoms with Crippen molar-refractivity contribution in [1.82, 2.24) is 20.0 Å². The zero-order valence-electron chi connectivity index (χ0n) is 15.9. The van der Waals surface area contributed by atoms with Crippen molar-refractivity contribution in [3.63, 3.8) is 0 Å². The molecule has 1 aromatic carbocycles. The Morgan fingerprint density at radius 2 is 2.26 bits per heavy atom. The molecule has 1 unspecified atom stereocenters. The van der Waals surface area contributed by atoms with Gasteiger partial charge in [-0.05, 0) is 25.5 Å². The lowest BCUT2D eigenvalue weighted by Crippen LogP contribution is -2.35. The summed E-state index contributed by atoms with van der Waals surface area (Å²) in [5, 5.41) is 7.88. The van der Waals surface area contributed by atoms with Gasteiger partial charge in [0.1, 0.15) is 11.9 Å². The molecular formula is C20H27ClN4O2. The molecule has 2 heterocycles. The average Bonchev–Trinajstić information content (AvgIpc) is 3.05. The number of hydrogen-bond donors (Lipinski definition) is 1. The molecular weight excluding hydrogens is 364 g/mol. The highest BCUT2D eigenvalue weighted by molar-refractivity contribution is 6.30. The Labute approximate surface area is 165 Å². The van der Waals surface area contributed by atoms with Crippen LogP contribution >= 0.6 is 11.6 Å². The monoisotopic (exact) mass is 390 g/mol. The van der Waals surface area contributed by atoms with Crippen molar-refractivity contribution in [2.45, 2.75) is 52.4 Å². The predicted molar refractivity (Wildman–Crippen MR) is 106 cm³/mol. The van der Waals surface area contributed by atoms with E-state index >= 15 is 0 Å². The number of benzene rings is 1. The summed E-state index contributed by atoms with van der Waals surface area (Å²) in [6.45, 7) is 7.76. The molecule has 0 aliphatic carbocycles. The summed E-state index contributed by atoms with van der Waals surface area (Å²) in [5.41, 5.74) is 2.13. The number of rotatable bonds is 7. The van der Waals surface area contributed by atoms with Gasteiger partial charge in [-0.2, -0.15) is 5.10 Å². The number of aromatic nitrogens is 2. The maximum absolute atomic E-state index is 12.2. The fourth-order valence-corrected chi connectivity index (χ4v) is 3.34. The lowest BCUT2D eigenvalue weighted by atomic mass is 10.2. The number of nitrogens with one attached hydrogen (secondary N) is 1. The number of amides is 1. The van der Waals surface area contributed by atoms with E-state index in [-0.39, 0.29) is 12.0 Å². The molecule has 0 radical (unpaired) electrons. The van der Waals surface area contributed by atoms with Crippen LogP contribution in [0, 0.1) is 0 Å². The van der Waals surface area contributed by atoms with E-state index in [0.717, 1.165) is 42.9 Å². The van der Waals surface area contributed by atoms with Crippen LogP contribution in [0.15, 0.2) is 30.6 Å². The van der Waals surface area contributed by atoms with Crippen LogP contribution in [0.25, 0.3) is 0 Å². The Bertz CT molecular complexity index is 777. The van der Waals surface area contributed by atoms with Gasteiger partial charge in [0.15, 0.2) is 0 Å². The number of fused-ring (bicyclic) bond motifs is 1. The molecule has 0 bridgehead atoms. The summed E-state index contributed by atoms with van der Waals surface area (Å²) in [4.78, 5) is 14.5. The predicted octanol–water partition coefficient (Wildman–Crippen LogP) is 3.24. The summed E-state index contributed by atoms with van der Waals surface area (Å²) in [7, 11) is 0. The number of carbonyl (C=O) groups excluding carboxylic acids is 1. The first-order valence-corrected chi connectivity index (χ1v) is 9.90. The highest BCUT2D eigenvalue weighted by Crippen LogP contribution is 2.29. The molecule has 6 nitrogen and oxygen atoms in total. The SMILES string of the molecule is CCC1CN(CCC(=O)NCc2cnn(CC)c2)Cc2ccc(Cl)cc2O1. The van der Waals surface area contributed by atoms with E-state index in [0.29, 0.717) is 24.5 Å². The summed E-state index contributed by atoms with van der Waals surface area (Å²) in [6, 6.07) is 5.78. The van der Waals surface area contributed by atoms with Gasteiger partial charge in [0, 0.05) is 61.5 Å². The molecule has 1 amide bonds. The van der Waals surface area contributed by atoms with E-state index in [1.54, 1.807) is 6.20 Å². The Balaban J connectivity index is 1.53. The Hall–Kier alpha value is -2.05. The van der Waals surface area contributed by atoms with E-state index in [2.05, 4.69) is 22.2 Å². The zero-order chi connectivity index (χ0) is 19.2. The van der Waals surface area contributed by atoms with E-state index in [9.17, 15) is 4.79 Å². The zero-order valence-corrected chi connectivity index (χ0v) is 16.7. The summed E-state index contributed by atoms with van der Waals surface area (Å²) in [6.07, 6.45) is 5.23. The van der Waals surface area contributed by atoms with E-state index in [1.165, 1.54) is 0 Å². The third kappa shape index (κ3) is 5.47. The summed E-state index contributed by atoms with van der Waals surface area (Å²) < 4.78 is 7.96. The Morgan fingerprint density at radius 3 is 3.00 bits per heavy atom. The highest BCUT2D eigenvalue weighted by atomic mass is 35.5. The highest BCUT2D eigenvalue weighted by Gasteiger charge is 2.22. The molecule has 0 saturated heterocycles. The maximum atomic E-state index is 12.2. The molecule has 0 saturated carbocycles. The minimum atomic E-state index is 0.0498. The number of ether oxygens (including phenoxy) is 1. The van der Waals surface area contributed by atoms with Gasteiger partial charge < -0.3 is 10.1 Å². The first-order valence-electron chi connectivity index (χ1n) is 9.52. The van der Waals surface area contributed by atoms with Gasteiger partial charge in [0.25, 0.3) is 0 Å². The van der Waals surface area contributed by atoms with Crippen LogP contribution in [-0.4, -0.2) is 39.8 Å². The van der Waals surface area contributed by atoms with Gasteiger partial charge >= 0.3 is 0 Å². The van der Waals surface area contributed by atoms with E-state index in [1.807, 2.05) is 36.0 Å². The lowest BCUT2D eigenvalue weighted by Gasteiger charge is -2.22. The molecule has 27 heavy (non-hydrogen) atoms.